The van der Waals surface area contributed by atoms with E-state index in [-0.39, 0.29) is 24.1 Å². The van der Waals surface area contributed by atoms with Crippen molar-refractivity contribution in [2.75, 3.05) is 6.61 Å². The first kappa shape index (κ1) is 9.85. The third-order valence-electron chi connectivity index (χ3n) is 3.43. The number of hydrogen-bond acceptors (Lipinski definition) is 3. The molecule has 0 aromatic heterocycles. The summed E-state index contributed by atoms with van der Waals surface area (Å²) in [4.78, 5) is 11.7. The van der Waals surface area contributed by atoms with E-state index in [0.717, 1.165) is 12.8 Å². The highest BCUT2D eigenvalue weighted by atomic mass is 16.7. The van der Waals surface area contributed by atoms with Crippen LogP contribution in [-0.4, -0.2) is 18.9 Å². The Morgan fingerprint density at radius 2 is 2.06 bits per heavy atom. The number of esters is 1. The van der Waals surface area contributed by atoms with Gasteiger partial charge < -0.3 is 9.47 Å². The molecule has 16 heavy (non-hydrogen) atoms. The molecular weight excluding hydrogens is 204 g/mol. The molecule has 0 saturated carbocycles. The van der Waals surface area contributed by atoms with Gasteiger partial charge in [0.2, 0.25) is 6.29 Å². The Hall–Kier alpha value is -1.35. The lowest BCUT2D eigenvalue weighted by Crippen LogP contribution is -2.18. The van der Waals surface area contributed by atoms with E-state index in [4.69, 9.17) is 9.47 Å². The van der Waals surface area contributed by atoms with Gasteiger partial charge in [-0.25, -0.2) is 0 Å². The van der Waals surface area contributed by atoms with Gasteiger partial charge in [0.05, 0.1) is 12.5 Å². The Bertz CT molecular complexity index is 387. The van der Waals surface area contributed by atoms with Crippen LogP contribution in [0.25, 0.3) is 0 Å². The molecule has 1 aromatic rings. The fourth-order valence-corrected chi connectivity index (χ4v) is 2.57. The number of benzene rings is 1. The van der Waals surface area contributed by atoms with Gasteiger partial charge in [-0.15, -0.1) is 0 Å². The fraction of sp³-hybridized carbons (Fsp3) is 0.462. The van der Waals surface area contributed by atoms with Crippen molar-refractivity contribution in [3.05, 3.63) is 35.9 Å². The van der Waals surface area contributed by atoms with Crippen LogP contribution >= 0.6 is 0 Å². The van der Waals surface area contributed by atoms with Gasteiger partial charge in [0.1, 0.15) is 0 Å². The Labute approximate surface area is 94.4 Å². The van der Waals surface area contributed by atoms with Gasteiger partial charge in [-0.1, -0.05) is 30.3 Å². The van der Waals surface area contributed by atoms with E-state index in [1.165, 1.54) is 5.56 Å². The molecule has 2 aliphatic heterocycles. The molecule has 3 atom stereocenters. The molecule has 0 bridgehead atoms. The minimum atomic E-state index is -0.277. The molecular formula is C13H14O3. The zero-order chi connectivity index (χ0) is 11.0. The number of hydrogen-bond donors (Lipinski definition) is 0. The standard InChI is InChI=1S/C13H14O3/c14-12-11(8-9-4-2-1-3-5-9)10-6-7-15-13(10)16-12/h1-5,10-11,13H,6-8H2/t10-,11+,13+/m1/s1. The molecule has 1 aromatic carbocycles. The molecule has 0 amide bonds. The Morgan fingerprint density at radius 1 is 1.25 bits per heavy atom. The maximum absolute atomic E-state index is 11.7. The maximum Gasteiger partial charge on any atom is 0.312 e. The van der Waals surface area contributed by atoms with Crippen LogP contribution in [0.5, 0.6) is 0 Å². The lowest BCUT2D eigenvalue weighted by Gasteiger charge is -2.11. The molecule has 3 heteroatoms. The number of rotatable bonds is 2. The summed E-state index contributed by atoms with van der Waals surface area (Å²) in [5.74, 6) is 0.140. The van der Waals surface area contributed by atoms with Crippen molar-refractivity contribution in [3.8, 4) is 0 Å². The minimum Gasteiger partial charge on any atom is -0.435 e. The lowest BCUT2D eigenvalue weighted by molar-refractivity contribution is -0.159. The van der Waals surface area contributed by atoms with Crippen molar-refractivity contribution in [1.29, 1.82) is 0 Å². The van der Waals surface area contributed by atoms with E-state index in [2.05, 4.69) is 12.1 Å². The quantitative estimate of drug-likeness (QED) is 0.710. The van der Waals surface area contributed by atoms with Crippen LogP contribution in [0.1, 0.15) is 12.0 Å². The van der Waals surface area contributed by atoms with Crippen molar-refractivity contribution < 1.29 is 14.3 Å². The molecule has 2 aliphatic rings. The SMILES string of the molecule is O=C1O[C@@H]2OCC[C@@H]2[C@@H]1Cc1ccccc1. The largest absolute Gasteiger partial charge is 0.435 e. The second-order valence-electron chi connectivity index (χ2n) is 4.42. The molecule has 3 nitrogen and oxygen atoms in total. The summed E-state index contributed by atoms with van der Waals surface area (Å²) in [6, 6.07) is 10.1. The summed E-state index contributed by atoms with van der Waals surface area (Å²) < 4.78 is 10.6. The minimum absolute atomic E-state index is 0.0186. The monoisotopic (exact) mass is 218 g/mol. The number of ether oxygens (including phenoxy) is 2. The molecule has 0 spiro atoms. The van der Waals surface area contributed by atoms with Crippen molar-refractivity contribution in [2.24, 2.45) is 11.8 Å². The smallest absolute Gasteiger partial charge is 0.312 e. The molecule has 2 heterocycles. The lowest BCUT2D eigenvalue weighted by atomic mass is 9.87. The van der Waals surface area contributed by atoms with Gasteiger partial charge in [-0.3, -0.25) is 4.79 Å². The van der Waals surface area contributed by atoms with Crippen LogP contribution in [-0.2, 0) is 20.7 Å². The Morgan fingerprint density at radius 3 is 2.88 bits per heavy atom. The first-order valence-electron chi connectivity index (χ1n) is 5.70. The van der Waals surface area contributed by atoms with Gasteiger partial charge >= 0.3 is 5.97 Å². The second-order valence-corrected chi connectivity index (χ2v) is 4.42. The third kappa shape index (κ3) is 1.61. The molecule has 3 rings (SSSR count). The highest BCUT2D eigenvalue weighted by Gasteiger charge is 2.47. The van der Waals surface area contributed by atoms with E-state index in [1.54, 1.807) is 0 Å². The summed E-state index contributed by atoms with van der Waals surface area (Å²) in [5, 5.41) is 0. The first-order valence-corrected chi connectivity index (χ1v) is 5.70. The number of carbonyl (C=O) groups is 1. The zero-order valence-electron chi connectivity index (χ0n) is 8.96. The van der Waals surface area contributed by atoms with Gasteiger partial charge in [-0.2, -0.15) is 0 Å². The summed E-state index contributed by atoms with van der Waals surface area (Å²) in [6.45, 7) is 0.716. The van der Waals surface area contributed by atoms with E-state index in [0.29, 0.717) is 6.61 Å². The molecule has 84 valence electrons. The number of fused-ring (bicyclic) bond motifs is 1. The van der Waals surface area contributed by atoms with E-state index in [1.807, 2.05) is 18.2 Å². The van der Waals surface area contributed by atoms with Gasteiger partial charge in [0.15, 0.2) is 0 Å². The normalized spacial score (nSPS) is 32.5. The second kappa shape index (κ2) is 3.91. The van der Waals surface area contributed by atoms with Crippen molar-refractivity contribution >= 4 is 5.97 Å². The highest BCUT2D eigenvalue weighted by Crippen LogP contribution is 2.38. The average Bonchev–Trinajstić information content (AvgIpc) is 2.84. The van der Waals surface area contributed by atoms with Crippen molar-refractivity contribution in [1.82, 2.24) is 0 Å². The fourth-order valence-electron chi connectivity index (χ4n) is 2.57. The van der Waals surface area contributed by atoms with Crippen LogP contribution in [0.2, 0.25) is 0 Å². The predicted molar refractivity (Wildman–Crippen MR) is 57.6 cm³/mol. The van der Waals surface area contributed by atoms with E-state index in [9.17, 15) is 4.79 Å². The predicted octanol–water partition coefficient (Wildman–Crippen LogP) is 1.76. The van der Waals surface area contributed by atoms with Crippen LogP contribution in [0.3, 0.4) is 0 Å². The molecule has 2 fully saturated rings. The summed E-state index contributed by atoms with van der Waals surface area (Å²) in [5.41, 5.74) is 1.19. The van der Waals surface area contributed by atoms with E-state index >= 15 is 0 Å². The molecule has 0 unspecified atom stereocenters. The Kier molecular flexibility index (Phi) is 2.40. The topological polar surface area (TPSA) is 35.5 Å². The van der Waals surface area contributed by atoms with Crippen molar-refractivity contribution in [2.45, 2.75) is 19.1 Å². The van der Waals surface area contributed by atoms with Gasteiger partial charge in [-0.05, 0) is 18.4 Å². The highest BCUT2D eigenvalue weighted by molar-refractivity contribution is 5.75. The average molecular weight is 218 g/mol. The third-order valence-corrected chi connectivity index (χ3v) is 3.43. The van der Waals surface area contributed by atoms with Crippen LogP contribution in [0.15, 0.2) is 30.3 Å². The summed E-state index contributed by atoms with van der Waals surface area (Å²) >= 11 is 0. The number of carbonyl (C=O) groups excluding carboxylic acids is 1. The van der Waals surface area contributed by atoms with Crippen LogP contribution < -0.4 is 0 Å². The van der Waals surface area contributed by atoms with Crippen LogP contribution in [0, 0.1) is 11.8 Å². The zero-order valence-corrected chi connectivity index (χ0v) is 8.96. The Balaban J connectivity index is 1.77. The van der Waals surface area contributed by atoms with Crippen LogP contribution in [0.4, 0.5) is 0 Å². The van der Waals surface area contributed by atoms with Gasteiger partial charge in [0.25, 0.3) is 0 Å². The first-order chi connectivity index (χ1) is 7.84. The van der Waals surface area contributed by atoms with Gasteiger partial charge in [0, 0.05) is 5.92 Å². The van der Waals surface area contributed by atoms with Crippen molar-refractivity contribution in [3.63, 3.8) is 0 Å². The summed E-state index contributed by atoms with van der Waals surface area (Å²) in [6.07, 6.45) is 1.43. The molecule has 0 aliphatic carbocycles. The van der Waals surface area contributed by atoms with E-state index < -0.39 is 0 Å². The molecule has 0 N–H and O–H groups in total. The molecule has 2 saturated heterocycles. The summed E-state index contributed by atoms with van der Waals surface area (Å²) in [7, 11) is 0. The molecule has 0 radical (unpaired) electrons. The maximum atomic E-state index is 11.7.